The topological polar surface area (TPSA) is 56.1 Å². The fourth-order valence-corrected chi connectivity index (χ4v) is 2.17. The van der Waals surface area contributed by atoms with Crippen molar-refractivity contribution in [1.82, 2.24) is 14.4 Å². The standard InChI is InChI=1S/C8H13N2O.C7H11N3/c1-6(11)8-5-9(3)7(2)10(8)4;1-9-5-6-10(2)7(9)3-4-8/h5H,1-4H3;5-7H,3H2,1-2H3/q+1;. The Labute approximate surface area is 126 Å². The fraction of sp³-hybridized carbons (Fsp3) is 0.533. The Morgan fingerprint density at radius 3 is 2.14 bits per heavy atom. The van der Waals surface area contributed by atoms with Crippen molar-refractivity contribution in [3.05, 3.63) is 30.1 Å². The highest BCUT2D eigenvalue weighted by Gasteiger charge is 2.19. The summed E-state index contributed by atoms with van der Waals surface area (Å²) in [5.74, 6) is 1.19. The smallest absolute Gasteiger partial charge is 0.253 e. The highest BCUT2D eigenvalue weighted by molar-refractivity contribution is 5.91. The Morgan fingerprint density at radius 1 is 1.33 bits per heavy atom. The number of hydrogen-bond acceptors (Lipinski definition) is 4. The Morgan fingerprint density at radius 2 is 1.86 bits per heavy atom. The lowest BCUT2D eigenvalue weighted by Crippen LogP contribution is -2.33. The van der Waals surface area contributed by atoms with Crippen LogP contribution >= 0.6 is 0 Å². The molecule has 0 saturated heterocycles. The largest absolute Gasteiger partial charge is 0.358 e. The van der Waals surface area contributed by atoms with Crippen LogP contribution in [0.2, 0.25) is 0 Å². The number of rotatable bonds is 2. The lowest BCUT2D eigenvalue weighted by Gasteiger charge is -2.24. The van der Waals surface area contributed by atoms with E-state index >= 15 is 0 Å². The minimum Gasteiger partial charge on any atom is -0.358 e. The number of nitriles is 1. The molecule has 21 heavy (non-hydrogen) atoms. The Bertz CT molecular complexity index is 570. The van der Waals surface area contributed by atoms with Gasteiger partial charge in [0.05, 0.1) is 26.6 Å². The van der Waals surface area contributed by atoms with Crippen molar-refractivity contribution >= 4 is 5.78 Å². The van der Waals surface area contributed by atoms with E-state index in [0.717, 1.165) is 11.5 Å². The van der Waals surface area contributed by atoms with Gasteiger partial charge in [0.2, 0.25) is 11.5 Å². The van der Waals surface area contributed by atoms with Crippen molar-refractivity contribution in [2.45, 2.75) is 26.4 Å². The average molecular weight is 290 g/mol. The van der Waals surface area contributed by atoms with Crippen LogP contribution in [0.1, 0.15) is 29.7 Å². The quantitative estimate of drug-likeness (QED) is 0.601. The van der Waals surface area contributed by atoms with Crippen molar-refractivity contribution in [2.24, 2.45) is 14.1 Å². The summed E-state index contributed by atoms with van der Waals surface area (Å²) in [6.45, 7) is 3.56. The summed E-state index contributed by atoms with van der Waals surface area (Å²) in [7, 11) is 7.78. The molecule has 0 atom stereocenters. The molecule has 2 rings (SSSR count). The number of nitrogens with zero attached hydrogens (tertiary/aromatic N) is 5. The van der Waals surface area contributed by atoms with E-state index in [4.69, 9.17) is 5.26 Å². The zero-order valence-corrected chi connectivity index (χ0v) is 13.7. The molecule has 1 aliphatic rings. The maximum atomic E-state index is 11.0. The van der Waals surface area contributed by atoms with Crippen LogP contribution in [0.5, 0.6) is 0 Å². The molecule has 0 saturated carbocycles. The van der Waals surface area contributed by atoms with Crippen LogP contribution in [-0.2, 0) is 14.1 Å². The molecular weight excluding hydrogens is 266 g/mol. The van der Waals surface area contributed by atoms with Gasteiger partial charge >= 0.3 is 0 Å². The maximum absolute atomic E-state index is 11.0. The molecule has 1 aromatic rings. The van der Waals surface area contributed by atoms with Crippen LogP contribution in [-0.4, -0.2) is 40.4 Å². The molecule has 2 heterocycles. The maximum Gasteiger partial charge on any atom is 0.253 e. The molecule has 114 valence electrons. The summed E-state index contributed by atoms with van der Waals surface area (Å²) in [4.78, 5) is 15.1. The summed E-state index contributed by atoms with van der Waals surface area (Å²) in [6.07, 6.45) is 6.59. The van der Waals surface area contributed by atoms with E-state index in [2.05, 4.69) is 6.07 Å². The van der Waals surface area contributed by atoms with E-state index in [1.54, 1.807) is 6.92 Å². The first-order valence-corrected chi connectivity index (χ1v) is 6.81. The number of Topliss-reactive ketones (excluding diaryl/α,β-unsaturated/α-hetero) is 1. The number of ketones is 1. The number of carbonyl (C=O) groups excluding carboxylic acids is 1. The monoisotopic (exact) mass is 290 g/mol. The Kier molecular flexibility index (Phi) is 5.53. The van der Waals surface area contributed by atoms with Crippen molar-refractivity contribution in [1.29, 1.82) is 5.26 Å². The fourth-order valence-electron chi connectivity index (χ4n) is 2.17. The van der Waals surface area contributed by atoms with Gasteiger partial charge in [-0.1, -0.05) is 0 Å². The van der Waals surface area contributed by atoms with E-state index in [1.807, 2.05) is 72.6 Å². The number of carbonyl (C=O) groups is 1. The molecule has 0 aliphatic carbocycles. The van der Waals surface area contributed by atoms with Crippen molar-refractivity contribution < 1.29 is 9.36 Å². The van der Waals surface area contributed by atoms with E-state index in [-0.39, 0.29) is 11.9 Å². The van der Waals surface area contributed by atoms with Crippen LogP contribution < -0.4 is 4.57 Å². The molecule has 0 fully saturated rings. The van der Waals surface area contributed by atoms with Crippen LogP contribution in [0.25, 0.3) is 0 Å². The van der Waals surface area contributed by atoms with Gasteiger partial charge in [-0.3, -0.25) is 4.79 Å². The summed E-state index contributed by atoms with van der Waals surface area (Å²) in [6, 6.07) is 2.15. The predicted octanol–water partition coefficient (Wildman–Crippen LogP) is 0.935. The minimum absolute atomic E-state index is 0.108. The van der Waals surface area contributed by atoms with E-state index in [9.17, 15) is 4.79 Å². The third-order valence-electron chi connectivity index (χ3n) is 3.78. The molecule has 0 amide bonds. The van der Waals surface area contributed by atoms with Gasteiger partial charge in [0.15, 0.2) is 0 Å². The Hall–Kier alpha value is -2.29. The first kappa shape index (κ1) is 16.8. The molecule has 0 bridgehead atoms. The molecule has 0 aromatic carbocycles. The summed E-state index contributed by atoms with van der Waals surface area (Å²) >= 11 is 0. The first-order chi connectivity index (χ1) is 9.79. The van der Waals surface area contributed by atoms with Gasteiger partial charge in [-0.05, 0) is 0 Å². The van der Waals surface area contributed by atoms with Gasteiger partial charge in [0, 0.05) is 40.3 Å². The van der Waals surface area contributed by atoms with Crippen molar-refractivity contribution in [2.75, 3.05) is 14.1 Å². The molecule has 0 unspecified atom stereocenters. The van der Waals surface area contributed by atoms with Gasteiger partial charge in [-0.2, -0.15) is 5.26 Å². The van der Waals surface area contributed by atoms with E-state index < -0.39 is 0 Å². The molecule has 1 aromatic heterocycles. The minimum atomic E-state index is 0.108. The summed E-state index contributed by atoms with van der Waals surface area (Å²) < 4.78 is 3.83. The molecule has 6 nitrogen and oxygen atoms in total. The molecular formula is C15H24N5O+. The molecule has 0 radical (unpaired) electrons. The van der Waals surface area contributed by atoms with E-state index in [1.165, 1.54) is 0 Å². The highest BCUT2D eigenvalue weighted by Crippen LogP contribution is 2.13. The Balaban J connectivity index is 0.000000211. The molecule has 0 spiro atoms. The van der Waals surface area contributed by atoms with E-state index in [0.29, 0.717) is 6.42 Å². The highest BCUT2D eigenvalue weighted by atomic mass is 16.1. The molecule has 0 N–H and O–H groups in total. The molecule has 6 heteroatoms. The lowest BCUT2D eigenvalue weighted by atomic mass is 10.3. The van der Waals surface area contributed by atoms with Gasteiger partial charge in [-0.15, -0.1) is 0 Å². The zero-order chi connectivity index (χ0) is 16.2. The molecule has 1 aliphatic heterocycles. The van der Waals surface area contributed by atoms with Crippen LogP contribution in [0.4, 0.5) is 0 Å². The first-order valence-electron chi connectivity index (χ1n) is 6.81. The second-order valence-electron chi connectivity index (χ2n) is 5.26. The van der Waals surface area contributed by atoms with Gasteiger partial charge in [0.1, 0.15) is 12.4 Å². The second-order valence-corrected chi connectivity index (χ2v) is 5.26. The number of hydrogen-bond donors (Lipinski definition) is 0. The average Bonchev–Trinajstić information content (AvgIpc) is 2.88. The van der Waals surface area contributed by atoms with Crippen LogP contribution in [0.15, 0.2) is 18.6 Å². The summed E-state index contributed by atoms with van der Waals surface area (Å²) in [5.41, 5.74) is 0.755. The third kappa shape index (κ3) is 3.85. The van der Waals surface area contributed by atoms with Crippen LogP contribution in [0, 0.1) is 18.3 Å². The SMILES string of the molecule is CC(=O)c1c[n+](C)c(C)n1C.CN1C=CN(C)C1CC#N. The zero-order valence-electron chi connectivity index (χ0n) is 13.7. The number of imidazole rings is 1. The number of aryl methyl sites for hydroxylation is 1. The predicted molar refractivity (Wildman–Crippen MR) is 80.0 cm³/mol. The van der Waals surface area contributed by atoms with Crippen LogP contribution in [0.3, 0.4) is 0 Å². The number of aromatic nitrogens is 2. The third-order valence-corrected chi connectivity index (χ3v) is 3.78. The lowest BCUT2D eigenvalue weighted by molar-refractivity contribution is -0.677. The normalized spacial score (nSPS) is 14.0. The summed E-state index contributed by atoms with van der Waals surface area (Å²) in [5, 5.41) is 8.43. The second kappa shape index (κ2) is 6.93. The van der Waals surface area contributed by atoms with Crippen molar-refractivity contribution in [3.63, 3.8) is 0 Å². The van der Waals surface area contributed by atoms with Crippen molar-refractivity contribution in [3.8, 4) is 6.07 Å². The van der Waals surface area contributed by atoms with Gasteiger partial charge < -0.3 is 9.80 Å². The van der Waals surface area contributed by atoms with Gasteiger partial charge in [0.25, 0.3) is 5.82 Å². The van der Waals surface area contributed by atoms with Gasteiger partial charge in [-0.25, -0.2) is 9.13 Å².